The van der Waals surface area contributed by atoms with E-state index >= 15 is 0 Å². The zero-order valence-corrected chi connectivity index (χ0v) is 22.7. The van der Waals surface area contributed by atoms with Gasteiger partial charge < -0.3 is 20.3 Å². The summed E-state index contributed by atoms with van der Waals surface area (Å²) in [7, 11) is 0. The van der Waals surface area contributed by atoms with Crippen molar-refractivity contribution in [2.24, 2.45) is 0 Å². The number of rotatable bonds is 10. The van der Waals surface area contributed by atoms with Crippen LogP contribution in [-0.4, -0.2) is 41.0 Å². The second-order valence-electron chi connectivity index (χ2n) is 10.2. The predicted octanol–water partition coefficient (Wildman–Crippen LogP) is 5.20. The molecule has 0 aliphatic rings. The first kappa shape index (κ1) is 28.9. The van der Waals surface area contributed by atoms with E-state index in [1.54, 1.807) is 32.6 Å². The van der Waals surface area contributed by atoms with Gasteiger partial charge in [-0.2, -0.15) is 0 Å². The summed E-state index contributed by atoms with van der Waals surface area (Å²) in [6.07, 6.45) is 0.899. The van der Waals surface area contributed by atoms with Gasteiger partial charge in [0.05, 0.1) is 0 Å². The monoisotopic (exact) mass is 495 g/mol. The number of hydrogen-bond donors (Lipinski definition) is 2. The van der Waals surface area contributed by atoms with Crippen molar-refractivity contribution < 1.29 is 19.1 Å². The van der Waals surface area contributed by atoms with Gasteiger partial charge in [0.15, 0.2) is 0 Å². The van der Waals surface area contributed by atoms with Crippen LogP contribution in [0, 0.1) is 13.8 Å². The van der Waals surface area contributed by atoms with Crippen LogP contribution < -0.4 is 10.6 Å². The van der Waals surface area contributed by atoms with E-state index in [1.165, 1.54) is 0 Å². The molecule has 0 aromatic heterocycles. The van der Waals surface area contributed by atoms with Crippen molar-refractivity contribution >= 4 is 17.9 Å². The van der Waals surface area contributed by atoms with Gasteiger partial charge in [0.2, 0.25) is 11.8 Å². The van der Waals surface area contributed by atoms with Crippen LogP contribution in [0.1, 0.15) is 75.8 Å². The number of hydrogen-bond acceptors (Lipinski definition) is 4. The molecule has 3 amide bonds. The van der Waals surface area contributed by atoms with E-state index < -0.39 is 23.8 Å². The Kier molecular flexibility index (Phi) is 10.5. The highest BCUT2D eigenvalue weighted by molar-refractivity contribution is 5.92. The molecule has 0 heterocycles. The van der Waals surface area contributed by atoms with Crippen molar-refractivity contribution in [3.63, 3.8) is 0 Å². The Labute approximate surface area is 215 Å². The second-order valence-corrected chi connectivity index (χ2v) is 10.2. The fourth-order valence-electron chi connectivity index (χ4n) is 3.78. The fraction of sp³-hybridized carbons (Fsp3) is 0.483. The van der Waals surface area contributed by atoms with Gasteiger partial charge >= 0.3 is 6.09 Å². The molecule has 196 valence electrons. The van der Waals surface area contributed by atoms with Gasteiger partial charge in [0, 0.05) is 13.1 Å². The van der Waals surface area contributed by atoms with E-state index in [9.17, 15) is 14.4 Å². The molecule has 2 N–H and O–H groups in total. The average Bonchev–Trinajstić information content (AvgIpc) is 2.81. The molecule has 2 aromatic rings. The first-order valence-electron chi connectivity index (χ1n) is 12.6. The number of benzene rings is 2. The number of nitrogens with zero attached hydrogens (tertiary/aromatic N) is 1. The molecular formula is C29H41N3O4. The number of carbonyl (C=O) groups excluding carboxylic acids is 3. The van der Waals surface area contributed by atoms with Gasteiger partial charge in [-0.3, -0.25) is 9.59 Å². The fourth-order valence-corrected chi connectivity index (χ4v) is 3.78. The van der Waals surface area contributed by atoms with Crippen LogP contribution in [0.25, 0.3) is 0 Å². The molecular weight excluding hydrogens is 454 g/mol. The zero-order chi connectivity index (χ0) is 26.9. The van der Waals surface area contributed by atoms with Crippen LogP contribution in [-0.2, 0) is 20.9 Å². The van der Waals surface area contributed by atoms with E-state index in [2.05, 4.69) is 10.6 Å². The molecule has 0 radical (unpaired) electrons. The third-order valence-corrected chi connectivity index (χ3v) is 5.86. The summed E-state index contributed by atoms with van der Waals surface area (Å²) >= 11 is 0. The molecule has 2 atom stereocenters. The highest BCUT2D eigenvalue weighted by atomic mass is 16.6. The topological polar surface area (TPSA) is 87.7 Å². The molecule has 7 nitrogen and oxygen atoms in total. The number of amides is 3. The van der Waals surface area contributed by atoms with Gasteiger partial charge in [-0.1, -0.05) is 61.9 Å². The van der Waals surface area contributed by atoms with Crippen molar-refractivity contribution in [3.8, 4) is 0 Å². The van der Waals surface area contributed by atoms with Crippen molar-refractivity contribution in [1.82, 2.24) is 15.5 Å². The Balaban J connectivity index is 2.38. The van der Waals surface area contributed by atoms with E-state index in [0.29, 0.717) is 13.1 Å². The number of alkyl carbamates (subject to hydrolysis) is 1. The molecule has 2 unspecified atom stereocenters. The molecule has 2 aromatic carbocycles. The Morgan fingerprint density at radius 2 is 1.67 bits per heavy atom. The summed E-state index contributed by atoms with van der Waals surface area (Å²) in [4.78, 5) is 41.2. The number of unbranched alkanes of at least 4 members (excludes halogenated alkanes) is 1. The Morgan fingerprint density at radius 3 is 2.25 bits per heavy atom. The largest absolute Gasteiger partial charge is 0.444 e. The molecule has 2 rings (SSSR count). The van der Waals surface area contributed by atoms with E-state index in [1.807, 2.05) is 69.3 Å². The lowest BCUT2D eigenvalue weighted by molar-refractivity contribution is -0.142. The maximum atomic E-state index is 13.7. The summed E-state index contributed by atoms with van der Waals surface area (Å²) in [5.41, 5.74) is 3.16. The standard InChI is InChI=1S/C29H41N3O4/c1-8-9-17-32(27(34)22(4)31-28(35)36-29(5,6)7)25(24-16-15-20(2)21(3)18-24)26(33)30-19-23-13-11-10-12-14-23/h10-16,18,22,25H,8-9,17,19H2,1-7H3,(H,30,33)(H,31,35). The first-order valence-corrected chi connectivity index (χ1v) is 12.6. The minimum atomic E-state index is -0.868. The van der Waals surface area contributed by atoms with Crippen molar-refractivity contribution in [1.29, 1.82) is 0 Å². The number of nitrogens with one attached hydrogen (secondary N) is 2. The lowest BCUT2D eigenvalue weighted by Crippen LogP contribution is -2.52. The molecule has 0 saturated heterocycles. The SMILES string of the molecule is CCCCN(C(=O)C(C)NC(=O)OC(C)(C)C)C(C(=O)NCc1ccccc1)c1ccc(C)c(C)c1. The van der Waals surface area contributed by atoms with Gasteiger partial charge in [-0.15, -0.1) is 0 Å². The van der Waals surface area contributed by atoms with E-state index in [-0.39, 0.29) is 11.8 Å². The van der Waals surface area contributed by atoms with Crippen LogP contribution in [0.5, 0.6) is 0 Å². The average molecular weight is 496 g/mol. The molecule has 0 spiro atoms. The van der Waals surface area contributed by atoms with Gasteiger partial charge in [0.1, 0.15) is 17.7 Å². The number of ether oxygens (including phenoxy) is 1. The predicted molar refractivity (Wildman–Crippen MR) is 142 cm³/mol. The van der Waals surface area contributed by atoms with Crippen LogP contribution in [0.2, 0.25) is 0 Å². The normalized spacial score (nSPS) is 12.9. The van der Waals surface area contributed by atoms with Gasteiger partial charge in [-0.05, 0) is 70.2 Å². The lowest BCUT2D eigenvalue weighted by Gasteiger charge is -2.34. The molecule has 0 aliphatic heterocycles. The van der Waals surface area contributed by atoms with Gasteiger partial charge in [-0.25, -0.2) is 4.79 Å². The van der Waals surface area contributed by atoms with Crippen LogP contribution >= 0.6 is 0 Å². The second kappa shape index (κ2) is 13.1. The van der Waals surface area contributed by atoms with Crippen molar-refractivity contribution in [2.75, 3.05) is 6.54 Å². The number of carbonyl (C=O) groups is 3. The van der Waals surface area contributed by atoms with Crippen LogP contribution in [0.15, 0.2) is 48.5 Å². The minimum Gasteiger partial charge on any atom is -0.444 e. The minimum absolute atomic E-state index is 0.268. The summed E-state index contributed by atoms with van der Waals surface area (Å²) in [5.74, 6) is -0.608. The summed E-state index contributed by atoms with van der Waals surface area (Å²) in [6.45, 7) is 13.7. The Morgan fingerprint density at radius 1 is 1.00 bits per heavy atom. The smallest absolute Gasteiger partial charge is 0.408 e. The van der Waals surface area contributed by atoms with Gasteiger partial charge in [0.25, 0.3) is 0 Å². The highest BCUT2D eigenvalue weighted by Crippen LogP contribution is 2.25. The van der Waals surface area contributed by atoms with E-state index in [4.69, 9.17) is 4.74 Å². The maximum absolute atomic E-state index is 13.7. The Hall–Kier alpha value is -3.35. The summed E-state index contributed by atoms with van der Waals surface area (Å²) in [5, 5.41) is 5.64. The van der Waals surface area contributed by atoms with E-state index in [0.717, 1.165) is 35.1 Å². The summed E-state index contributed by atoms with van der Waals surface area (Å²) < 4.78 is 5.33. The molecule has 7 heteroatoms. The maximum Gasteiger partial charge on any atom is 0.408 e. The quantitative estimate of drug-likeness (QED) is 0.474. The highest BCUT2D eigenvalue weighted by Gasteiger charge is 2.34. The van der Waals surface area contributed by atoms with Crippen LogP contribution in [0.3, 0.4) is 0 Å². The van der Waals surface area contributed by atoms with Crippen molar-refractivity contribution in [2.45, 2.75) is 85.5 Å². The molecule has 0 aliphatic carbocycles. The lowest BCUT2D eigenvalue weighted by atomic mass is 9.98. The third-order valence-electron chi connectivity index (χ3n) is 5.86. The van der Waals surface area contributed by atoms with Crippen molar-refractivity contribution in [3.05, 3.63) is 70.8 Å². The molecule has 0 saturated carbocycles. The first-order chi connectivity index (χ1) is 16.9. The third kappa shape index (κ3) is 8.70. The summed E-state index contributed by atoms with van der Waals surface area (Å²) in [6, 6.07) is 13.8. The molecule has 0 fully saturated rings. The Bertz CT molecular complexity index is 1030. The molecule has 0 bridgehead atoms. The number of aryl methyl sites for hydroxylation is 2. The van der Waals surface area contributed by atoms with Crippen LogP contribution in [0.4, 0.5) is 4.79 Å². The molecule has 36 heavy (non-hydrogen) atoms. The zero-order valence-electron chi connectivity index (χ0n) is 22.7.